The fraction of sp³-hybridized carbons (Fsp3) is 0.429. The molecule has 0 bridgehead atoms. The average Bonchev–Trinajstić information content (AvgIpc) is 2.57. The van der Waals surface area contributed by atoms with Gasteiger partial charge >= 0.3 is 0 Å². The van der Waals surface area contributed by atoms with E-state index >= 15 is 0 Å². The Morgan fingerprint density at radius 1 is 1.60 bits per heavy atom. The molecule has 84 valence electrons. The van der Waals surface area contributed by atoms with Crippen molar-refractivity contribution in [2.75, 3.05) is 11.9 Å². The van der Waals surface area contributed by atoms with Gasteiger partial charge in [0.1, 0.15) is 0 Å². The third-order valence-electron chi connectivity index (χ3n) is 1.57. The van der Waals surface area contributed by atoms with Crippen LogP contribution in [0.3, 0.4) is 0 Å². The highest BCUT2D eigenvalue weighted by Crippen LogP contribution is 2.18. The van der Waals surface area contributed by atoms with E-state index in [9.17, 15) is 8.78 Å². The molecule has 0 spiro atoms. The summed E-state index contributed by atoms with van der Waals surface area (Å²) < 4.78 is 25.3. The van der Waals surface area contributed by atoms with Crippen LogP contribution in [0.15, 0.2) is 6.20 Å². The molecule has 0 saturated heterocycles. The molecular formula is C7H9ClF2N4S. The molecule has 0 unspecified atom stereocenters. The summed E-state index contributed by atoms with van der Waals surface area (Å²) in [5.41, 5.74) is 0.865. The van der Waals surface area contributed by atoms with Gasteiger partial charge < -0.3 is 5.32 Å². The minimum absolute atomic E-state index is 0. The molecule has 0 fully saturated rings. The zero-order chi connectivity index (χ0) is 10.1. The number of nitrogens with one attached hydrogen (secondary N) is 1. The summed E-state index contributed by atoms with van der Waals surface area (Å²) in [6.45, 7) is 1.48. The highest BCUT2D eigenvalue weighted by molar-refractivity contribution is 7.20. The van der Waals surface area contributed by atoms with Gasteiger partial charge in [-0.25, -0.2) is 18.3 Å². The lowest BCUT2D eigenvalue weighted by Gasteiger charge is -1.98. The number of fused-ring (bicyclic) bond motifs is 1. The van der Waals surface area contributed by atoms with Crippen molar-refractivity contribution in [3.63, 3.8) is 0 Å². The van der Waals surface area contributed by atoms with Gasteiger partial charge in [0.2, 0.25) is 10.1 Å². The number of aryl methyl sites for hydroxylation is 1. The van der Waals surface area contributed by atoms with Crippen LogP contribution in [0.1, 0.15) is 5.69 Å². The first kappa shape index (κ1) is 12.1. The van der Waals surface area contributed by atoms with Gasteiger partial charge in [-0.2, -0.15) is 0 Å². The third-order valence-corrected chi connectivity index (χ3v) is 2.45. The molecule has 4 nitrogen and oxygen atoms in total. The molecule has 0 aliphatic rings. The fourth-order valence-corrected chi connectivity index (χ4v) is 1.88. The SMILES string of the molecule is Cc1cn2nc(NCC(F)F)sc2n1.Cl. The standard InChI is InChI=1S/C7H8F2N4S.ClH/c1-4-3-13-7(11-4)14-6(12-13)10-2-5(8)9;/h3,5H,2H2,1H3,(H,10,12);1H. The van der Waals surface area contributed by atoms with Crippen LogP contribution in [0.2, 0.25) is 0 Å². The van der Waals surface area contributed by atoms with E-state index in [1.165, 1.54) is 11.3 Å². The van der Waals surface area contributed by atoms with Gasteiger partial charge in [-0.1, -0.05) is 11.3 Å². The Morgan fingerprint density at radius 3 is 2.93 bits per heavy atom. The van der Waals surface area contributed by atoms with Crippen molar-refractivity contribution in [3.05, 3.63) is 11.9 Å². The van der Waals surface area contributed by atoms with Gasteiger partial charge in [-0.3, -0.25) is 0 Å². The second kappa shape index (κ2) is 4.71. The van der Waals surface area contributed by atoms with Crippen LogP contribution in [-0.2, 0) is 0 Å². The van der Waals surface area contributed by atoms with E-state index in [0.717, 1.165) is 5.69 Å². The molecule has 2 aromatic heterocycles. The maximum Gasteiger partial charge on any atom is 0.255 e. The average molecular weight is 255 g/mol. The highest BCUT2D eigenvalue weighted by atomic mass is 35.5. The maximum absolute atomic E-state index is 11.9. The number of nitrogens with zero attached hydrogens (tertiary/aromatic N) is 3. The zero-order valence-electron chi connectivity index (χ0n) is 7.78. The first-order chi connectivity index (χ1) is 6.65. The predicted octanol–water partition coefficient (Wildman–Crippen LogP) is 2.20. The Hall–Kier alpha value is -0.950. The summed E-state index contributed by atoms with van der Waals surface area (Å²) in [7, 11) is 0. The van der Waals surface area contributed by atoms with Crippen molar-refractivity contribution >= 4 is 33.8 Å². The number of hydrogen-bond donors (Lipinski definition) is 1. The molecule has 2 aromatic rings. The van der Waals surface area contributed by atoms with Gasteiger partial charge in [0.25, 0.3) is 6.43 Å². The van der Waals surface area contributed by atoms with Crippen LogP contribution in [0.4, 0.5) is 13.9 Å². The normalized spacial score (nSPS) is 10.7. The second-order valence-corrected chi connectivity index (χ2v) is 3.74. The number of hydrogen-bond acceptors (Lipinski definition) is 4. The van der Waals surface area contributed by atoms with Gasteiger partial charge in [0, 0.05) is 0 Å². The van der Waals surface area contributed by atoms with Crippen molar-refractivity contribution in [2.24, 2.45) is 0 Å². The molecule has 2 heterocycles. The second-order valence-electron chi connectivity index (χ2n) is 2.79. The minimum atomic E-state index is -2.37. The van der Waals surface area contributed by atoms with Crippen LogP contribution in [-0.4, -0.2) is 27.6 Å². The summed E-state index contributed by atoms with van der Waals surface area (Å²) >= 11 is 1.26. The van der Waals surface area contributed by atoms with E-state index in [1.54, 1.807) is 10.7 Å². The Morgan fingerprint density at radius 2 is 2.33 bits per heavy atom. The molecule has 0 aliphatic heterocycles. The van der Waals surface area contributed by atoms with E-state index in [4.69, 9.17) is 0 Å². The van der Waals surface area contributed by atoms with Crippen LogP contribution >= 0.6 is 23.7 Å². The van der Waals surface area contributed by atoms with Crippen molar-refractivity contribution in [2.45, 2.75) is 13.3 Å². The highest BCUT2D eigenvalue weighted by Gasteiger charge is 2.07. The number of rotatable bonds is 3. The Balaban J connectivity index is 0.00000112. The Kier molecular flexibility index (Phi) is 3.81. The lowest BCUT2D eigenvalue weighted by Crippen LogP contribution is -2.09. The summed E-state index contributed by atoms with van der Waals surface area (Å²) in [4.78, 5) is 4.86. The largest absolute Gasteiger partial charge is 0.354 e. The summed E-state index contributed by atoms with van der Waals surface area (Å²) in [5.74, 6) is 0. The lowest BCUT2D eigenvalue weighted by molar-refractivity contribution is 0.163. The number of imidazole rings is 1. The van der Waals surface area contributed by atoms with Crippen molar-refractivity contribution in [1.82, 2.24) is 14.6 Å². The molecule has 0 saturated carbocycles. The van der Waals surface area contributed by atoms with Crippen molar-refractivity contribution in [1.29, 1.82) is 0 Å². The van der Waals surface area contributed by atoms with Crippen molar-refractivity contribution in [3.8, 4) is 0 Å². The lowest BCUT2D eigenvalue weighted by atomic mass is 10.6. The molecule has 0 aliphatic carbocycles. The topological polar surface area (TPSA) is 42.2 Å². The van der Waals surface area contributed by atoms with E-state index < -0.39 is 6.43 Å². The van der Waals surface area contributed by atoms with Gasteiger partial charge in [0.15, 0.2) is 0 Å². The number of halogens is 3. The van der Waals surface area contributed by atoms with E-state index in [-0.39, 0.29) is 19.0 Å². The first-order valence-corrected chi connectivity index (χ1v) is 4.81. The Bertz CT molecular complexity index is 410. The van der Waals surface area contributed by atoms with E-state index in [0.29, 0.717) is 10.1 Å². The monoisotopic (exact) mass is 254 g/mol. The molecule has 0 atom stereocenters. The number of anilines is 1. The number of alkyl halides is 2. The molecule has 15 heavy (non-hydrogen) atoms. The number of aromatic nitrogens is 3. The molecule has 0 aromatic carbocycles. The van der Waals surface area contributed by atoms with E-state index in [1.807, 2.05) is 6.92 Å². The maximum atomic E-state index is 11.9. The third kappa shape index (κ3) is 2.75. The van der Waals surface area contributed by atoms with Gasteiger partial charge in [-0.15, -0.1) is 17.5 Å². The van der Waals surface area contributed by atoms with Crippen LogP contribution in [0, 0.1) is 6.92 Å². The summed E-state index contributed by atoms with van der Waals surface area (Å²) in [6, 6.07) is 0. The van der Waals surface area contributed by atoms with Gasteiger partial charge in [0.05, 0.1) is 18.4 Å². The van der Waals surface area contributed by atoms with Crippen molar-refractivity contribution < 1.29 is 8.78 Å². The Labute approximate surface area is 94.7 Å². The van der Waals surface area contributed by atoms with Gasteiger partial charge in [-0.05, 0) is 6.92 Å². The predicted molar refractivity (Wildman–Crippen MR) is 57.3 cm³/mol. The quantitative estimate of drug-likeness (QED) is 0.913. The molecule has 1 N–H and O–H groups in total. The summed E-state index contributed by atoms with van der Waals surface area (Å²) in [6.07, 6.45) is -0.618. The summed E-state index contributed by atoms with van der Waals surface area (Å²) in [5, 5.41) is 7.03. The first-order valence-electron chi connectivity index (χ1n) is 4.00. The minimum Gasteiger partial charge on any atom is -0.354 e. The van der Waals surface area contributed by atoms with E-state index in [2.05, 4.69) is 15.4 Å². The van der Waals surface area contributed by atoms with Crippen LogP contribution < -0.4 is 5.32 Å². The van der Waals surface area contributed by atoms with Crippen LogP contribution in [0.25, 0.3) is 4.96 Å². The smallest absolute Gasteiger partial charge is 0.255 e. The molecule has 8 heteroatoms. The molecule has 0 amide bonds. The molecule has 2 rings (SSSR count). The fourth-order valence-electron chi connectivity index (χ4n) is 1.05. The molecule has 0 radical (unpaired) electrons. The molecular weight excluding hydrogens is 246 g/mol. The zero-order valence-corrected chi connectivity index (χ0v) is 9.41. The van der Waals surface area contributed by atoms with Crippen LogP contribution in [0.5, 0.6) is 0 Å².